The van der Waals surface area contributed by atoms with Crippen molar-refractivity contribution in [2.45, 2.75) is 25.7 Å². The second-order valence-corrected chi connectivity index (χ2v) is 5.48. The van der Waals surface area contributed by atoms with Crippen molar-refractivity contribution in [1.82, 2.24) is 0 Å². The van der Waals surface area contributed by atoms with Crippen LogP contribution in [-0.2, 0) is 9.59 Å². The molecule has 0 spiro atoms. The van der Waals surface area contributed by atoms with Gasteiger partial charge in [0.15, 0.2) is 0 Å². The lowest BCUT2D eigenvalue weighted by Gasteiger charge is -2.25. The van der Waals surface area contributed by atoms with Crippen molar-refractivity contribution in [2.24, 2.45) is 11.8 Å². The predicted molar refractivity (Wildman–Crippen MR) is 81.3 cm³/mol. The van der Waals surface area contributed by atoms with Crippen molar-refractivity contribution in [3.8, 4) is 11.5 Å². The first kappa shape index (κ1) is 16.1. The van der Waals surface area contributed by atoms with Gasteiger partial charge >= 0.3 is 5.97 Å². The molecule has 1 aromatic carbocycles. The molecule has 2 N–H and O–H groups in total. The van der Waals surface area contributed by atoms with Crippen LogP contribution >= 0.6 is 0 Å². The third-order valence-electron chi connectivity index (χ3n) is 4.07. The number of rotatable bonds is 5. The molecule has 1 fully saturated rings. The number of benzene rings is 1. The van der Waals surface area contributed by atoms with Crippen LogP contribution in [0.2, 0.25) is 0 Å². The molecule has 120 valence electrons. The van der Waals surface area contributed by atoms with Crippen LogP contribution in [0.15, 0.2) is 18.2 Å². The molecule has 0 radical (unpaired) electrons. The molecule has 1 amide bonds. The Labute approximate surface area is 129 Å². The summed E-state index contributed by atoms with van der Waals surface area (Å²) in [5.41, 5.74) is 0.613. The smallest absolute Gasteiger partial charge is 0.306 e. The van der Waals surface area contributed by atoms with Gasteiger partial charge in [-0.2, -0.15) is 0 Å². The Balaban J connectivity index is 1.99. The SMILES string of the molecule is COc1cc(NC(=O)C2CCC(C(=O)O)CC2)cc(OC)c1. The number of hydrogen-bond donors (Lipinski definition) is 2. The van der Waals surface area contributed by atoms with Gasteiger partial charge in [-0.3, -0.25) is 9.59 Å². The lowest BCUT2D eigenvalue weighted by Crippen LogP contribution is -2.29. The maximum absolute atomic E-state index is 12.3. The second kappa shape index (κ2) is 7.15. The molecule has 1 aliphatic carbocycles. The molecule has 1 saturated carbocycles. The Morgan fingerprint density at radius 3 is 1.95 bits per heavy atom. The van der Waals surface area contributed by atoms with E-state index < -0.39 is 5.97 Å². The van der Waals surface area contributed by atoms with Crippen molar-refractivity contribution in [3.63, 3.8) is 0 Å². The summed E-state index contributed by atoms with van der Waals surface area (Å²) in [4.78, 5) is 23.2. The van der Waals surface area contributed by atoms with Crippen molar-refractivity contribution in [3.05, 3.63) is 18.2 Å². The highest BCUT2D eigenvalue weighted by Crippen LogP contribution is 2.31. The minimum atomic E-state index is -0.767. The molecule has 0 heterocycles. The van der Waals surface area contributed by atoms with Crippen LogP contribution in [0.3, 0.4) is 0 Å². The van der Waals surface area contributed by atoms with E-state index in [9.17, 15) is 9.59 Å². The minimum absolute atomic E-state index is 0.0841. The molecule has 0 aliphatic heterocycles. The van der Waals surface area contributed by atoms with E-state index in [2.05, 4.69) is 5.32 Å². The van der Waals surface area contributed by atoms with E-state index in [4.69, 9.17) is 14.6 Å². The Hall–Kier alpha value is -2.24. The molecule has 1 aliphatic rings. The number of amides is 1. The highest BCUT2D eigenvalue weighted by molar-refractivity contribution is 5.93. The maximum Gasteiger partial charge on any atom is 0.306 e. The van der Waals surface area contributed by atoms with Crippen LogP contribution in [0, 0.1) is 11.8 Å². The molecule has 1 aromatic rings. The molecule has 0 aromatic heterocycles. The molecular formula is C16H21NO5. The molecular weight excluding hydrogens is 286 g/mol. The van der Waals surface area contributed by atoms with Gasteiger partial charge in [-0.1, -0.05) is 0 Å². The standard InChI is InChI=1S/C16H21NO5/c1-21-13-7-12(8-14(9-13)22-2)17-15(18)10-3-5-11(6-4-10)16(19)20/h7-11H,3-6H2,1-2H3,(H,17,18)(H,19,20). The molecule has 2 rings (SSSR count). The zero-order valence-corrected chi connectivity index (χ0v) is 12.8. The van der Waals surface area contributed by atoms with E-state index in [0.29, 0.717) is 42.9 Å². The quantitative estimate of drug-likeness (QED) is 0.873. The Bertz CT molecular complexity index is 527. The highest BCUT2D eigenvalue weighted by atomic mass is 16.5. The Kier molecular flexibility index (Phi) is 5.25. The monoisotopic (exact) mass is 307 g/mol. The molecule has 0 unspecified atom stereocenters. The number of hydrogen-bond acceptors (Lipinski definition) is 4. The Morgan fingerprint density at radius 1 is 1.00 bits per heavy atom. The zero-order chi connectivity index (χ0) is 16.1. The summed E-state index contributed by atoms with van der Waals surface area (Å²) in [6.07, 6.45) is 2.30. The number of carboxylic acids is 1. The topological polar surface area (TPSA) is 84.9 Å². The van der Waals surface area contributed by atoms with Gasteiger partial charge < -0.3 is 19.9 Å². The van der Waals surface area contributed by atoms with Gasteiger partial charge in [0.25, 0.3) is 0 Å². The van der Waals surface area contributed by atoms with Crippen molar-refractivity contribution in [2.75, 3.05) is 19.5 Å². The predicted octanol–water partition coefficient (Wildman–Crippen LogP) is 2.53. The number of aliphatic carboxylic acids is 1. The molecule has 6 nitrogen and oxygen atoms in total. The third kappa shape index (κ3) is 3.90. The van der Waals surface area contributed by atoms with Gasteiger partial charge in [-0.15, -0.1) is 0 Å². The van der Waals surface area contributed by atoms with Gasteiger partial charge in [0.05, 0.1) is 20.1 Å². The lowest BCUT2D eigenvalue weighted by molar-refractivity contribution is -0.143. The second-order valence-electron chi connectivity index (χ2n) is 5.48. The minimum Gasteiger partial charge on any atom is -0.497 e. The number of nitrogens with one attached hydrogen (secondary N) is 1. The number of carbonyl (C=O) groups is 2. The van der Waals surface area contributed by atoms with E-state index in [1.165, 1.54) is 0 Å². The fourth-order valence-corrected chi connectivity index (χ4v) is 2.73. The first-order valence-corrected chi connectivity index (χ1v) is 7.30. The van der Waals surface area contributed by atoms with E-state index in [0.717, 1.165) is 0 Å². The average molecular weight is 307 g/mol. The summed E-state index contributed by atoms with van der Waals surface area (Å²) in [6, 6.07) is 5.18. The van der Waals surface area contributed by atoms with Crippen LogP contribution in [0.5, 0.6) is 11.5 Å². The van der Waals surface area contributed by atoms with Crippen LogP contribution in [-0.4, -0.2) is 31.2 Å². The van der Waals surface area contributed by atoms with Crippen LogP contribution < -0.4 is 14.8 Å². The summed E-state index contributed by atoms with van der Waals surface area (Å²) >= 11 is 0. The molecule has 0 atom stereocenters. The van der Waals surface area contributed by atoms with E-state index in [1.807, 2.05) is 0 Å². The van der Waals surface area contributed by atoms with Crippen molar-refractivity contribution >= 4 is 17.6 Å². The summed E-state index contributed by atoms with van der Waals surface area (Å²) in [6.45, 7) is 0. The lowest BCUT2D eigenvalue weighted by atomic mass is 9.81. The van der Waals surface area contributed by atoms with Crippen molar-refractivity contribution in [1.29, 1.82) is 0 Å². The van der Waals surface area contributed by atoms with Gasteiger partial charge in [-0.25, -0.2) is 0 Å². The summed E-state index contributed by atoms with van der Waals surface area (Å²) in [5.74, 6) is -0.113. The van der Waals surface area contributed by atoms with Gasteiger partial charge in [0, 0.05) is 29.8 Å². The van der Waals surface area contributed by atoms with Gasteiger partial charge in [-0.05, 0) is 25.7 Å². The highest BCUT2D eigenvalue weighted by Gasteiger charge is 2.29. The summed E-state index contributed by atoms with van der Waals surface area (Å²) in [5, 5.41) is 11.8. The largest absolute Gasteiger partial charge is 0.497 e. The molecule has 6 heteroatoms. The molecule has 0 saturated heterocycles. The number of anilines is 1. The normalized spacial score (nSPS) is 21.0. The fraction of sp³-hybridized carbons (Fsp3) is 0.500. The van der Waals surface area contributed by atoms with E-state index >= 15 is 0 Å². The van der Waals surface area contributed by atoms with E-state index in [1.54, 1.807) is 32.4 Å². The molecule has 22 heavy (non-hydrogen) atoms. The van der Waals surface area contributed by atoms with Gasteiger partial charge in [0.2, 0.25) is 5.91 Å². The average Bonchev–Trinajstić information content (AvgIpc) is 2.54. The first-order valence-electron chi connectivity index (χ1n) is 7.30. The number of ether oxygens (including phenoxy) is 2. The fourth-order valence-electron chi connectivity index (χ4n) is 2.73. The summed E-state index contributed by atoms with van der Waals surface area (Å²) < 4.78 is 10.3. The van der Waals surface area contributed by atoms with Crippen LogP contribution in [0.1, 0.15) is 25.7 Å². The third-order valence-corrected chi connectivity index (χ3v) is 4.07. The maximum atomic E-state index is 12.3. The van der Waals surface area contributed by atoms with Gasteiger partial charge in [0.1, 0.15) is 11.5 Å². The van der Waals surface area contributed by atoms with Crippen molar-refractivity contribution < 1.29 is 24.2 Å². The number of carbonyl (C=O) groups excluding carboxylic acids is 1. The van der Waals surface area contributed by atoms with E-state index in [-0.39, 0.29) is 17.7 Å². The Morgan fingerprint density at radius 2 is 1.50 bits per heavy atom. The number of carboxylic acid groups (broad SMARTS) is 1. The number of methoxy groups -OCH3 is 2. The van der Waals surface area contributed by atoms with Crippen LogP contribution in [0.25, 0.3) is 0 Å². The zero-order valence-electron chi connectivity index (χ0n) is 12.8. The first-order chi connectivity index (χ1) is 10.5. The summed E-state index contributed by atoms with van der Waals surface area (Å²) in [7, 11) is 3.10. The van der Waals surface area contributed by atoms with Crippen LogP contribution in [0.4, 0.5) is 5.69 Å². The molecule has 0 bridgehead atoms.